The molecule has 3 N–H and O–H groups in total. The van der Waals surface area contributed by atoms with Crippen molar-refractivity contribution in [2.45, 2.75) is 6.42 Å². The predicted octanol–water partition coefficient (Wildman–Crippen LogP) is 3.23. The fourth-order valence-electron chi connectivity index (χ4n) is 1.86. The number of allylic oxidation sites excluding steroid dienone is 2. The third kappa shape index (κ3) is 5.63. The lowest BCUT2D eigenvalue weighted by atomic mass is 10.1. The molecule has 0 aliphatic carbocycles. The molecule has 0 radical (unpaired) electrons. The zero-order valence-electron chi connectivity index (χ0n) is 12.5. The average molecular weight is 307 g/mol. The van der Waals surface area contributed by atoms with Gasteiger partial charge in [-0.15, -0.1) is 0 Å². The Morgan fingerprint density at radius 3 is 1.74 bits per heavy atom. The molecule has 0 spiro atoms. The van der Waals surface area contributed by atoms with Gasteiger partial charge >= 0.3 is 0 Å². The van der Waals surface area contributed by atoms with Gasteiger partial charge in [-0.2, -0.15) is 0 Å². The van der Waals surface area contributed by atoms with Crippen molar-refractivity contribution in [1.82, 2.24) is 0 Å². The van der Waals surface area contributed by atoms with Crippen LogP contribution in [0.15, 0.2) is 60.7 Å². The molecule has 2 aromatic rings. The van der Waals surface area contributed by atoms with Crippen LogP contribution < -0.4 is 5.73 Å². The van der Waals surface area contributed by atoms with E-state index in [0.717, 1.165) is 11.1 Å². The summed E-state index contributed by atoms with van der Waals surface area (Å²) in [5, 5.41) is 9.17. The number of benzene rings is 2. The Kier molecular flexibility index (Phi) is 5.47. The number of nitrogens with two attached hydrogens (primary N) is 1. The van der Waals surface area contributed by atoms with Crippen molar-refractivity contribution in [1.29, 1.82) is 0 Å². The highest BCUT2D eigenvalue weighted by atomic mass is 16.3. The second-order valence-corrected chi connectivity index (χ2v) is 5.03. The average Bonchev–Trinajstić information content (AvgIpc) is 2.54. The lowest BCUT2D eigenvalue weighted by Gasteiger charge is -1.95. The van der Waals surface area contributed by atoms with Crippen LogP contribution in [0, 0.1) is 0 Å². The Morgan fingerprint density at radius 2 is 1.26 bits per heavy atom. The minimum atomic E-state index is -0.273. The van der Waals surface area contributed by atoms with Gasteiger partial charge in [-0.05, 0) is 47.5 Å². The van der Waals surface area contributed by atoms with Crippen LogP contribution in [0.3, 0.4) is 0 Å². The van der Waals surface area contributed by atoms with Crippen LogP contribution in [-0.4, -0.2) is 16.7 Å². The molecule has 4 heteroatoms. The van der Waals surface area contributed by atoms with Crippen LogP contribution in [-0.2, 0) is 9.59 Å². The predicted molar refractivity (Wildman–Crippen MR) is 91.7 cm³/mol. The molecule has 0 unspecified atom stereocenters. The maximum Gasteiger partial charge on any atom is 0.163 e. The quantitative estimate of drug-likeness (QED) is 0.488. The molecule has 0 aliphatic heterocycles. The molecule has 2 rings (SSSR count). The van der Waals surface area contributed by atoms with Gasteiger partial charge in [-0.1, -0.05) is 36.4 Å². The van der Waals surface area contributed by atoms with Crippen molar-refractivity contribution < 1.29 is 14.7 Å². The molecule has 0 aromatic heterocycles. The van der Waals surface area contributed by atoms with Crippen molar-refractivity contribution in [3.63, 3.8) is 0 Å². The van der Waals surface area contributed by atoms with Gasteiger partial charge in [-0.3, -0.25) is 9.59 Å². The van der Waals surface area contributed by atoms with Crippen LogP contribution in [0.1, 0.15) is 17.5 Å². The van der Waals surface area contributed by atoms with Crippen LogP contribution in [0.4, 0.5) is 5.69 Å². The summed E-state index contributed by atoms with van der Waals surface area (Å²) in [6.45, 7) is 0. The SMILES string of the molecule is Nc1ccc(/C=C/C(=O)CC(=O)/C=C/c2ccc(O)cc2)cc1. The van der Waals surface area contributed by atoms with Crippen molar-refractivity contribution in [2.75, 3.05) is 5.73 Å². The molecular weight excluding hydrogens is 290 g/mol. The summed E-state index contributed by atoms with van der Waals surface area (Å²) in [6, 6.07) is 13.5. The lowest BCUT2D eigenvalue weighted by molar-refractivity contribution is -0.121. The molecule has 4 nitrogen and oxygen atoms in total. The van der Waals surface area contributed by atoms with E-state index in [-0.39, 0.29) is 23.7 Å². The van der Waals surface area contributed by atoms with Gasteiger partial charge in [0.05, 0.1) is 6.42 Å². The number of hydrogen-bond donors (Lipinski definition) is 2. The summed E-state index contributed by atoms with van der Waals surface area (Å²) in [4.78, 5) is 23.5. The van der Waals surface area contributed by atoms with E-state index < -0.39 is 0 Å². The number of carbonyl (C=O) groups is 2. The second-order valence-electron chi connectivity index (χ2n) is 5.03. The summed E-state index contributed by atoms with van der Waals surface area (Å²) < 4.78 is 0. The van der Waals surface area contributed by atoms with Crippen LogP contribution >= 0.6 is 0 Å². The Hall–Kier alpha value is -3.14. The molecule has 0 heterocycles. The number of carbonyl (C=O) groups excluding carboxylic acids is 2. The topological polar surface area (TPSA) is 80.4 Å². The number of ketones is 2. The molecule has 116 valence electrons. The van der Waals surface area contributed by atoms with Gasteiger partial charge < -0.3 is 10.8 Å². The molecule has 0 bridgehead atoms. The summed E-state index contributed by atoms with van der Waals surface area (Å²) in [5.41, 5.74) is 7.86. The van der Waals surface area contributed by atoms with Crippen molar-refractivity contribution >= 4 is 29.4 Å². The fourth-order valence-corrected chi connectivity index (χ4v) is 1.86. The molecule has 0 fully saturated rings. The molecule has 0 saturated heterocycles. The zero-order chi connectivity index (χ0) is 16.7. The molecule has 0 aliphatic rings. The fraction of sp³-hybridized carbons (Fsp3) is 0.0526. The summed E-state index contributed by atoms with van der Waals surface area (Å²) in [7, 11) is 0. The van der Waals surface area contributed by atoms with E-state index in [0.29, 0.717) is 5.69 Å². The Balaban J connectivity index is 1.88. The van der Waals surface area contributed by atoms with Gasteiger partial charge in [0.2, 0.25) is 0 Å². The summed E-state index contributed by atoms with van der Waals surface area (Å²) in [5.74, 6) is -0.372. The van der Waals surface area contributed by atoms with Crippen molar-refractivity contribution in [3.05, 3.63) is 71.8 Å². The highest BCUT2D eigenvalue weighted by Gasteiger charge is 2.03. The van der Waals surface area contributed by atoms with E-state index in [2.05, 4.69) is 0 Å². The molecule has 0 atom stereocenters. The molecular formula is C19H17NO3. The smallest absolute Gasteiger partial charge is 0.163 e. The third-order valence-corrected chi connectivity index (χ3v) is 3.10. The van der Waals surface area contributed by atoms with E-state index in [1.165, 1.54) is 24.3 Å². The Morgan fingerprint density at radius 1 is 0.826 bits per heavy atom. The van der Waals surface area contributed by atoms with Gasteiger partial charge in [-0.25, -0.2) is 0 Å². The Bertz CT molecular complexity index is 676. The number of phenolic OH excluding ortho intramolecular Hbond substituents is 1. The number of nitrogen functional groups attached to an aromatic ring is 1. The first kappa shape index (κ1) is 16.2. The number of anilines is 1. The maximum absolute atomic E-state index is 11.8. The molecule has 0 amide bonds. The van der Waals surface area contributed by atoms with E-state index in [4.69, 9.17) is 5.73 Å². The maximum atomic E-state index is 11.8. The van der Waals surface area contributed by atoms with E-state index in [1.54, 1.807) is 48.6 Å². The van der Waals surface area contributed by atoms with Crippen LogP contribution in [0.5, 0.6) is 5.75 Å². The van der Waals surface area contributed by atoms with Gasteiger partial charge in [0.25, 0.3) is 0 Å². The minimum absolute atomic E-state index is 0.163. The third-order valence-electron chi connectivity index (χ3n) is 3.10. The first-order valence-corrected chi connectivity index (χ1v) is 7.09. The monoisotopic (exact) mass is 307 g/mol. The van der Waals surface area contributed by atoms with Crippen LogP contribution in [0.2, 0.25) is 0 Å². The molecule has 23 heavy (non-hydrogen) atoms. The molecule has 0 saturated carbocycles. The normalized spacial score (nSPS) is 11.1. The minimum Gasteiger partial charge on any atom is -0.508 e. The number of rotatable bonds is 6. The van der Waals surface area contributed by atoms with E-state index in [9.17, 15) is 14.7 Å². The summed E-state index contributed by atoms with van der Waals surface area (Å²) >= 11 is 0. The lowest BCUT2D eigenvalue weighted by Crippen LogP contribution is -2.01. The largest absolute Gasteiger partial charge is 0.508 e. The summed E-state index contributed by atoms with van der Waals surface area (Å²) in [6.07, 6.45) is 5.83. The first-order chi connectivity index (χ1) is 11.0. The van der Waals surface area contributed by atoms with E-state index >= 15 is 0 Å². The highest BCUT2D eigenvalue weighted by Crippen LogP contribution is 2.11. The van der Waals surface area contributed by atoms with E-state index in [1.807, 2.05) is 0 Å². The zero-order valence-corrected chi connectivity index (χ0v) is 12.5. The second kappa shape index (κ2) is 7.75. The highest BCUT2D eigenvalue weighted by molar-refractivity contribution is 6.10. The van der Waals surface area contributed by atoms with Crippen LogP contribution in [0.25, 0.3) is 12.2 Å². The van der Waals surface area contributed by atoms with Gasteiger partial charge in [0.1, 0.15) is 5.75 Å². The number of hydrogen-bond acceptors (Lipinski definition) is 4. The Labute approximate surface area is 134 Å². The molecule has 2 aromatic carbocycles. The number of aromatic hydroxyl groups is 1. The van der Waals surface area contributed by atoms with Crippen molar-refractivity contribution in [2.24, 2.45) is 0 Å². The first-order valence-electron chi connectivity index (χ1n) is 7.09. The van der Waals surface area contributed by atoms with Gasteiger partial charge in [0.15, 0.2) is 11.6 Å². The van der Waals surface area contributed by atoms with Gasteiger partial charge in [0, 0.05) is 5.69 Å². The number of phenols is 1. The van der Waals surface area contributed by atoms with Crippen molar-refractivity contribution in [3.8, 4) is 5.75 Å². The standard InChI is InChI=1S/C19H17NO3/c20-16-7-1-14(2-8-16)5-11-18(22)13-19(23)12-6-15-3-9-17(21)10-4-15/h1-12,21H,13,20H2/b11-5+,12-6+.